The molecular formula is C13H19BrN2O3S. The number of alkyl halides is 1. The summed E-state index contributed by atoms with van der Waals surface area (Å²) in [6.45, 7) is 5.41. The summed E-state index contributed by atoms with van der Waals surface area (Å²) in [7, 11) is -3.50. The summed E-state index contributed by atoms with van der Waals surface area (Å²) in [5.74, 6) is -0.150. The maximum Gasteiger partial charge on any atom is 0.240 e. The molecule has 0 radical (unpaired) electrons. The van der Waals surface area contributed by atoms with Crippen LogP contribution < -0.4 is 10.0 Å². The average Bonchev–Trinajstić information content (AvgIpc) is 2.36. The minimum absolute atomic E-state index is 0.150. The van der Waals surface area contributed by atoms with Gasteiger partial charge in [0.05, 0.1) is 9.72 Å². The van der Waals surface area contributed by atoms with Crippen molar-refractivity contribution in [1.29, 1.82) is 0 Å². The third-order valence-corrected chi connectivity index (χ3v) is 5.20. The second-order valence-corrected chi connectivity index (χ2v) is 7.48. The Kier molecular flexibility index (Phi) is 6.16. The van der Waals surface area contributed by atoms with Crippen molar-refractivity contribution in [3.05, 3.63) is 24.3 Å². The van der Waals surface area contributed by atoms with E-state index in [0.29, 0.717) is 12.1 Å². The van der Waals surface area contributed by atoms with Gasteiger partial charge in [-0.15, -0.1) is 0 Å². The first-order valence-corrected chi connectivity index (χ1v) is 8.73. The molecule has 0 aliphatic carbocycles. The molecule has 0 aliphatic heterocycles. The highest BCUT2D eigenvalue weighted by Crippen LogP contribution is 2.16. The highest BCUT2D eigenvalue weighted by molar-refractivity contribution is 9.10. The maximum absolute atomic E-state index is 11.9. The Balaban J connectivity index is 2.82. The fourth-order valence-corrected chi connectivity index (χ4v) is 2.87. The first-order valence-electron chi connectivity index (χ1n) is 6.33. The lowest BCUT2D eigenvalue weighted by molar-refractivity contribution is -0.115. The van der Waals surface area contributed by atoms with E-state index in [1.807, 2.05) is 6.92 Å². The molecule has 0 aromatic heterocycles. The summed E-state index contributed by atoms with van der Waals surface area (Å²) in [6, 6.07) is 5.91. The summed E-state index contributed by atoms with van der Waals surface area (Å²) in [4.78, 5) is 11.6. The number of sulfonamides is 1. The number of halogens is 1. The van der Waals surface area contributed by atoms with Gasteiger partial charge in [-0.2, -0.15) is 0 Å². The van der Waals surface area contributed by atoms with Crippen LogP contribution in [0.4, 0.5) is 5.69 Å². The third-order valence-electron chi connectivity index (χ3n) is 2.47. The molecule has 0 bridgehead atoms. The zero-order valence-electron chi connectivity index (χ0n) is 11.7. The Morgan fingerprint density at radius 1 is 1.25 bits per heavy atom. The van der Waals surface area contributed by atoms with Crippen molar-refractivity contribution in [1.82, 2.24) is 4.72 Å². The molecule has 1 aromatic carbocycles. The van der Waals surface area contributed by atoms with Crippen LogP contribution in [0.3, 0.4) is 0 Å². The van der Waals surface area contributed by atoms with E-state index in [4.69, 9.17) is 0 Å². The Bertz CT molecular complexity index is 555. The number of carbonyl (C=O) groups excluding carboxylic acids is 1. The number of rotatable bonds is 6. The number of anilines is 1. The van der Waals surface area contributed by atoms with Crippen molar-refractivity contribution in [3.63, 3.8) is 0 Å². The van der Waals surface area contributed by atoms with Crippen LogP contribution in [0.2, 0.25) is 0 Å². The van der Waals surface area contributed by atoms with Crippen molar-refractivity contribution in [2.75, 3.05) is 5.32 Å². The van der Waals surface area contributed by atoms with E-state index in [2.05, 4.69) is 26.0 Å². The van der Waals surface area contributed by atoms with Gasteiger partial charge in [0, 0.05) is 11.7 Å². The lowest BCUT2D eigenvalue weighted by Crippen LogP contribution is -2.30. The largest absolute Gasteiger partial charge is 0.325 e. The van der Waals surface area contributed by atoms with Crippen LogP contribution in [-0.4, -0.2) is 25.2 Å². The molecule has 0 heterocycles. The monoisotopic (exact) mass is 362 g/mol. The summed E-state index contributed by atoms with van der Waals surface area (Å²) in [5, 5.41) is 2.71. The van der Waals surface area contributed by atoms with Crippen molar-refractivity contribution in [2.45, 2.75) is 43.0 Å². The first kappa shape index (κ1) is 17.1. The van der Waals surface area contributed by atoms with Crippen molar-refractivity contribution in [3.8, 4) is 0 Å². The lowest BCUT2D eigenvalue weighted by Gasteiger charge is -2.11. The number of nitrogens with one attached hydrogen (secondary N) is 2. The topological polar surface area (TPSA) is 75.3 Å². The fourth-order valence-electron chi connectivity index (χ4n) is 1.50. The zero-order valence-corrected chi connectivity index (χ0v) is 14.1. The number of carbonyl (C=O) groups is 1. The van der Waals surface area contributed by atoms with E-state index >= 15 is 0 Å². The van der Waals surface area contributed by atoms with Crippen LogP contribution in [0.1, 0.15) is 27.2 Å². The van der Waals surface area contributed by atoms with Gasteiger partial charge in [-0.1, -0.05) is 22.9 Å². The highest BCUT2D eigenvalue weighted by atomic mass is 79.9. The molecule has 1 unspecified atom stereocenters. The van der Waals surface area contributed by atoms with Gasteiger partial charge in [0.1, 0.15) is 0 Å². The number of hydrogen-bond acceptors (Lipinski definition) is 3. The van der Waals surface area contributed by atoms with E-state index in [1.165, 1.54) is 12.1 Å². The van der Waals surface area contributed by atoms with Crippen LogP contribution in [-0.2, 0) is 14.8 Å². The van der Waals surface area contributed by atoms with Crippen molar-refractivity contribution >= 4 is 37.5 Å². The molecule has 0 saturated heterocycles. The maximum atomic E-state index is 11.9. The number of benzene rings is 1. The van der Waals surface area contributed by atoms with Crippen LogP contribution in [0.15, 0.2) is 29.2 Å². The third kappa shape index (κ3) is 4.88. The molecule has 2 N–H and O–H groups in total. The Morgan fingerprint density at radius 3 is 2.25 bits per heavy atom. The van der Waals surface area contributed by atoms with Crippen molar-refractivity contribution < 1.29 is 13.2 Å². The van der Waals surface area contributed by atoms with E-state index in [9.17, 15) is 13.2 Å². The Hall–Kier alpha value is -0.920. The molecule has 0 aliphatic rings. The van der Waals surface area contributed by atoms with Crippen molar-refractivity contribution in [2.24, 2.45) is 0 Å². The average molecular weight is 363 g/mol. The van der Waals surface area contributed by atoms with Gasteiger partial charge >= 0.3 is 0 Å². The molecule has 7 heteroatoms. The van der Waals surface area contributed by atoms with E-state index in [-0.39, 0.29) is 21.7 Å². The lowest BCUT2D eigenvalue weighted by atomic mass is 10.3. The molecule has 0 saturated carbocycles. The van der Waals surface area contributed by atoms with Crippen LogP contribution in [0, 0.1) is 0 Å². The molecule has 0 fully saturated rings. The van der Waals surface area contributed by atoms with Crippen LogP contribution in [0.5, 0.6) is 0 Å². The molecule has 5 nitrogen and oxygen atoms in total. The molecular weight excluding hydrogens is 344 g/mol. The minimum Gasteiger partial charge on any atom is -0.325 e. The van der Waals surface area contributed by atoms with E-state index in [1.54, 1.807) is 26.0 Å². The summed E-state index contributed by atoms with van der Waals surface area (Å²) in [6.07, 6.45) is 0.677. The van der Waals surface area contributed by atoms with E-state index in [0.717, 1.165) is 0 Å². The standard InChI is InChI=1S/C13H19BrN2O3S/c1-4-12(14)13(17)15-10-5-7-11(8-6-10)20(18,19)16-9(2)3/h5-9,12,16H,4H2,1-3H3,(H,15,17). The Morgan fingerprint density at radius 2 is 1.80 bits per heavy atom. The predicted molar refractivity (Wildman–Crippen MR) is 83.5 cm³/mol. The highest BCUT2D eigenvalue weighted by Gasteiger charge is 2.16. The quantitative estimate of drug-likeness (QED) is 0.763. The van der Waals surface area contributed by atoms with Gasteiger partial charge in [-0.3, -0.25) is 4.79 Å². The fraction of sp³-hybridized carbons (Fsp3) is 0.462. The number of amides is 1. The summed E-state index contributed by atoms with van der Waals surface area (Å²) in [5.41, 5.74) is 0.566. The molecule has 112 valence electrons. The Labute approximate surface area is 128 Å². The van der Waals surface area contributed by atoms with Gasteiger partial charge in [0.25, 0.3) is 0 Å². The molecule has 20 heavy (non-hydrogen) atoms. The minimum atomic E-state index is -3.50. The zero-order chi connectivity index (χ0) is 15.3. The van der Waals surface area contributed by atoms with Crippen LogP contribution in [0.25, 0.3) is 0 Å². The van der Waals surface area contributed by atoms with Gasteiger partial charge in [0.15, 0.2) is 0 Å². The van der Waals surface area contributed by atoms with Gasteiger partial charge in [0.2, 0.25) is 15.9 Å². The predicted octanol–water partition coefficient (Wildman–Crippen LogP) is 2.49. The van der Waals surface area contributed by atoms with Gasteiger partial charge < -0.3 is 5.32 Å². The molecule has 1 amide bonds. The second-order valence-electron chi connectivity index (χ2n) is 4.67. The second kappa shape index (κ2) is 7.19. The molecule has 1 atom stereocenters. The molecule has 1 aromatic rings. The molecule has 0 spiro atoms. The summed E-state index contributed by atoms with van der Waals surface area (Å²) >= 11 is 3.26. The van der Waals surface area contributed by atoms with E-state index < -0.39 is 10.0 Å². The SMILES string of the molecule is CCC(Br)C(=O)Nc1ccc(S(=O)(=O)NC(C)C)cc1. The molecule has 1 rings (SSSR count). The normalized spacial score (nSPS) is 13.2. The summed E-state index contributed by atoms with van der Waals surface area (Å²) < 4.78 is 26.3. The van der Waals surface area contributed by atoms with Crippen LogP contribution >= 0.6 is 15.9 Å². The number of hydrogen-bond donors (Lipinski definition) is 2. The first-order chi connectivity index (χ1) is 9.26. The smallest absolute Gasteiger partial charge is 0.240 e. The van der Waals surface area contributed by atoms with Gasteiger partial charge in [-0.25, -0.2) is 13.1 Å². The van der Waals surface area contributed by atoms with Gasteiger partial charge in [-0.05, 0) is 44.5 Å².